The van der Waals surface area contributed by atoms with Crippen molar-refractivity contribution in [3.8, 4) is 28.2 Å². The van der Waals surface area contributed by atoms with Gasteiger partial charge < -0.3 is 18.7 Å². The van der Waals surface area contributed by atoms with Crippen molar-refractivity contribution in [1.29, 1.82) is 0 Å². The minimum Gasteiger partial charge on any atom is -0.497 e. The Hall–Kier alpha value is -4.03. The highest BCUT2D eigenvalue weighted by molar-refractivity contribution is 6.30. The number of carboxylic acids is 1. The molecule has 0 atom stereocenters. The summed E-state index contributed by atoms with van der Waals surface area (Å²) in [5, 5.41) is 10.9. The Bertz CT molecular complexity index is 1560. The number of rotatable bonds is 5. The third kappa shape index (κ3) is 3.64. The number of halogens is 1. The van der Waals surface area contributed by atoms with E-state index in [9.17, 15) is 14.7 Å². The van der Waals surface area contributed by atoms with Crippen LogP contribution in [0.25, 0.3) is 44.4 Å². The molecule has 0 saturated carbocycles. The van der Waals surface area contributed by atoms with Crippen molar-refractivity contribution in [3.63, 3.8) is 0 Å². The maximum absolute atomic E-state index is 13.3. The number of fused-ring (bicyclic) bond motifs is 3. The zero-order valence-electron chi connectivity index (χ0n) is 17.4. The minimum atomic E-state index is -1.02. The normalized spacial score (nSPS) is 11.2. The highest BCUT2D eigenvalue weighted by atomic mass is 35.5. The standard InChI is InChI=1S/C26H17ClO6/c1-31-17-8-4-15(5-9-17)25-19(12-22(28)29)23-21(33-25)11-10-18-24(30)20(13-32-26(18)23)14-2-6-16(27)7-3-14/h2-11,13H,12H2,1H3,(H,28,29). The summed E-state index contributed by atoms with van der Waals surface area (Å²) < 4.78 is 17.2. The molecule has 3 aromatic carbocycles. The predicted octanol–water partition coefficient (Wildman–Crippen LogP) is 6.16. The lowest BCUT2D eigenvalue weighted by atomic mass is 10.00. The number of hydrogen-bond donors (Lipinski definition) is 1. The Labute approximate surface area is 192 Å². The molecule has 0 aliphatic carbocycles. The zero-order valence-corrected chi connectivity index (χ0v) is 18.2. The summed E-state index contributed by atoms with van der Waals surface area (Å²) in [7, 11) is 1.57. The van der Waals surface area contributed by atoms with Crippen LogP contribution in [0.15, 0.2) is 80.6 Å². The van der Waals surface area contributed by atoms with Gasteiger partial charge in [-0.15, -0.1) is 0 Å². The van der Waals surface area contributed by atoms with Gasteiger partial charge >= 0.3 is 5.97 Å². The number of carbonyl (C=O) groups is 1. The van der Waals surface area contributed by atoms with Gasteiger partial charge in [0.1, 0.15) is 28.9 Å². The number of benzene rings is 3. The van der Waals surface area contributed by atoms with Gasteiger partial charge in [-0.2, -0.15) is 0 Å². The van der Waals surface area contributed by atoms with E-state index in [4.69, 9.17) is 25.2 Å². The molecule has 164 valence electrons. The van der Waals surface area contributed by atoms with E-state index in [0.717, 1.165) is 0 Å². The minimum absolute atomic E-state index is 0.228. The quantitative estimate of drug-likeness (QED) is 0.337. The SMILES string of the molecule is COc1ccc(-c2oc3ccc4c(=O)c(-c5ccc(Cl)cc5)coc4c3c2CC(=O)O)cc1. The largest absolute Gasteiger partial charge is 0.497 e. The van der Waals surface area contributed by atoms with Crippen LogP contribution >= 0.6 is 11.6 Å². The van der Waals surface area contributed by atoms with E-state index in [1.165, 1.54) is 6.26 Å². The summed E-state index contributed by atoms with van der Waals surface area (Å²) in [6, 6.07) is 17.3. The lowest BCUT2D eigenvalue weighted by Crippen LogP contribution is -2.05. The monoisotopic (exact) mass is 460 g/mol. The molecule has 0 fully saturated rings. The third-order valence-corrected chi connectivity index (χ3v) is 5.78. The molecule has 7 heteroatoms. The molecule has 0 radical (unpaired) electrons. The zero-order chi connectivity index (χ0) is 23.1. The van der Waals surface area contributed by atoms with Gasteiger partial charge in [-0.25, -0.2) is 0 Å². The Morgan fingerprint density at radius 2 is 1.70 bits per heavy atom. The number of aliphatic carboxylic acids is 1. The summed E-state index contributed by atoms with van der Waals surface area (Å²) in [5.74, 6) is 0.0531. The highest BCUT2D eigenvalue weighted by Crippen LogP contribution is 2.38. The molecular weight excluding hydrogens is 444 g/mol. The molecular formula is C26H17ClO6. The fourth-order valence-electron chi connectivity index (χ4n) is 3.96. The van der Waals surface area contributed by atoms with E-state index in [1.54, 1.807) is 67.8 Å². The van der Waals surface area contributed by atoms with E-state index in [0.29, 0.717) is 55.1 Å². The number of furan rings is 1. The molecule has 1 N–H and O–H groups in total. The van der Waals surface area contributed by atoms with Crippen LogP contribution in [0.2, 0.25) is 5.02 Å². The van der Waals surface area contributed by atoms with Gasteiger partial charge in [-0.1, -0.05) is 23.7 Å². The highest BCUT2D eigenvalue weighted by Gasteiger charge is 2.23. The average molecular weight is 461 g/mol. The van der Waals surface area contributed by atoms with Gasteiger partial charge in [0, 0.05) is 16.1 Å². The second-order valence-electron chi connectivity index (χ2n) is 7.51. The van der Waals surface area contributed by atoms with Crippen molar-refractivity contribution in [2.45, 2.75) is 6.42 Å². The summed E-state index contributed by atoms with van der Waals surface area (Å²) in [5.41, 5.74) is 2.69. The van der Waals surface area contributed by atoms with Crippen molar-refractivity contribution in [2.24, 2.45) is 0 Å². The molecule has 0 aliphatic heterocycles. The van der Waals surface area contributed by atoms with E-state index in [1.807, 2.05) is 0 Å². The van der Waals surface area contributed by atoms with Gasteiger partial charge in [0.15, 0.2) is 0 Å². The van der Waals surface area contributed by atoms with Crippen molar-refractivity contribution in [3.05, 3.63) is 87.7 Å². The van der Waals surface area contributed by atoms with Crippen molar-refractivity contribution in [2.75, 3.05) is 7.11 Å². The van der Waals surface area contributed by atoms with Crippen LogP contribution in [0.1, 0.15) is 5.56 Å². The molecule has 6 nitrogen and oxygen atoms in total. The molecule has 2 heterocycles. The molecule has 0 unspecified atom stereocenters. The van der Waals surface area contributed by atoms with E-state index in [-0.39, 0.29) is 17.4 Å². The number of methoxy groups -OCH3 is 1. The fourth-order valence-corrected chi connectivity index (χ4v) is 4.09. The van der Waals surface area contributed by atoms with Gasteiger partial charge in [0.25, 0.3) is 0 Å². The molecule has 0 bridgehead atoms. The first-order valence-corrected chi connectivity index (χ1v) is 10.5. The summed E-state index contributed by atoms with van der Waals surface area (Å²) >= 11 is 5.96. The summed E-state index contributed by atoms with van der Waals surface area (Å²) in [4.78, 5) is 25.0. The van der Waals surface area contributed by atoms with Crippen LogP contribution in [0.3, 0.4) is 0 Å². The van der Waals surface area contributed by atoms with Crippen molar-refractivity contribution < 1.29 is 23.5 Å². The number of ether oxygens (including phenoxy) is 1. The predicted molar refractivity (Wildman–Crippen MR) is 126 cm³/mol. The summed E-state index contributed by atoms with van der Waals surface area (Å²) in [6.45, 7) is 0. The van der Waals surface area contributed by atoms with Gasteiger partial charge in [0.05, 0.1) is 29.9 Å². The second kappa shape index (κ2) is 8.15. The topological polar surface area (TPSA) is 89.9 Å². The Morgan fingerprint density at radius 3 is 2.36 bits per heavy atom. The summed E-state index contributed by atoms with van der Waals surface area (Å²) in [6.07, 6.45) is 1.09. The first kappa shape index (κ1) is 20.8. The fraction of sp³-hybridized carbons (Fsp3) is 0.0769. The van der Waals surface area contributed by atoms with Crippen molar-refractivity contribution in [1.82, 2.24) is 0 Å². The Morgan fingerprint density at radius 1 is 1.00 bits per heavy atom. The maximum atomic E-state index is 13.3. The van der Waals surface area contributed by atoms with Crippen LogP contribution in [0, 0.1) is 0 Å². The van der Waals surface area contributed by atoms with Gasteiger partial charge in [-0.05, 0) is 54.1 Å². The molecule has 0 amide bonds. The van der Waals surface area contributed by atoms with Crippen LogP contribution < -0.4 is 10.2 Å². The number of carboxylic acid groups (broad SMARTS) is 1. The smallest absolute Gasteiger partial charge is 0.307 e. The third-order valence-electron chi connectivity index (χ3n) is 5.53. The molecule has 2 aromatic heterocycles. The lowest BCUT2D eigenvalue weighted by Gasteiger charge is -2.05. The van der Waals surface area contributed by atoms with Gasteiger partial charge in [0.2, 0.25) is 5.43 Å². The first-order chi connectivity index (χ1) is 16.0. The van der Waals surface area contributed by atoms with Gasteiger partial charge in [-0.3, -0.25) is 9.59 Å². The molecule has 5 rings (SSSR count). The lowest BCUT2D eigenvalue weighted by molar-refractivity contribution is -0.136. The second-order valence-corrected chi connectivity index (χ2v) is 7.95. The van der Waals surface area contributed by atoms with E-state index < -0.39 is 5.97 Å². The van der Waals surface area contributed by atoms with Crippen molar-refractivity contribution >= 4 is 39.5 Å². The van der Waals surface area contributed by atoms with Crippen LogP contribution in [0.5, 0.6) is 5.75 Å². The molecule has 5 aromatic rings. The molecule has 0 aliphatic rings. The first-order valence-electron chi connectivity index (χ1n) is 10.1. The molecule has 0 saturated heterocycles. The van der Waals surface area contributed by atoms with E-state index >= 15 is 0 Å². The average Bonchev–Trinajstić information content (AvgIpc) is 3.18. The van der Waals surface area contributed by atoms with E-state index in [2.05, 4.69) is 0 Å². The van der Waals surface area contributed by atoms with Crippen LogP contribution in [0.4, 0.5) is 0 Å². The number of hydrogen-bond acceptors (Lipinski definition) is 5. The Balaban J connectivity index is 1.77. The van der Waals surface area contributed by atoms with Crippen LogP contribution in [-0.4, -0.2) is 18.2 Å². The molecule has 33 heavy (non-hydrogen) atoms. The maximum Gasteiger partial charge on any atom is 0.307 e. The molecule has 0 spiro atoms. The Kier molecular flexibility index (Phi) is 5.15. The van der Waals surface area contributed by atoms with Crippen LogP contribution in [-0.2, 0) is 11.2 Å².